The minimum absolute atomic E-state index is 0.121. The van der Waals surface area contributed by atoms with Crippen LogP contribution >= 0.6 is 0 Å². The molecule has 0 radical (unpaired) electrons. The molecular weight excluding hydrogens is 341 g/mol. The molecular formula is C23H20FNO2. The van der Waals surface area contributed by atoms with E-state index in [-0.39, 0.29) is 11.6 Å². The fourth-order valence-electron chi connectivity index (χ4n) is 2.58. The lowest BCUT2D eigenvalue weighted by molar-refractivity contribution is 0.305. The molecule has 0 saturated carbocycles. The van der Waals surface area contributed by atoms with E-state index in [1.807, 2.05) is 24.3 Å². The molecule has 0 saturated heterocycles. The van der Waals surface area contributed by atoms with Gasteiger partial charge in [0.1, 0.15) is 23.9 Å². The van der Waals surface area contributed by atoms with E-state index < -0.39 is 0 Å². The zero-order chi connectivity index (χ0) is 19.2. The molecule has 0 bridgehead atoms. The molecule has 0 aliphatic carbocycles. The second kappa shape index (κ2) is 8.32. The van der Waals surface area contributed by atoms with E-state index in [9.17, 15) is 9.50 Å². The van der Waals surface area contributed by atoms with Gasteiger partial charge < -0.3 is 9.84 Å². The van der Waals surface area contributed by atoms with E-state index >= 15 is 0 Å². The number of aromatic nitrogens is 1. The Balaban J connectivity index is 1.72. The molecule has 1 aromatic heterocycles. The number of benzene rings is 2. The highest BCUT2D eigenvalue weighted by Crippen LogP contribution is 2.30. The van der Waals surface area contributed by atoms with Gasteiger partial charge in [-0.2, -0.15) is 0 Å². The average molecular weight is 361 g/mol. The Morgan fingerprint density at radius 3 is 2.78 bits per heavy atom. The van der Waals surface area contributed by atoms with Crippen molar-refractivity contribution < 1.29 is 14.2 Å². The third-order valence-electron chi connectivity index (χ3n) is 4.08. The van der Waals surface area contributed by atoms with Gasteiger partial charge in [0.05, 0.1) is 5.69 Å². The number of nitrogens with zero attached hydrogens (tertiary/aromatic N) is 1. The highest BCUT2D eigenvalue weighted by molar-refractivity contribution is 5.80. The molecule has 0 fully saturated rings. The van der Waals surface area contributed by atoms with Crippen LogP contribution in [-0.2, 0) is 6.61 Å². The molecule has 136 valence electrons. The van der Waals surface area contributed by atoms with Crippen molar-refractivity contribution in [2.75, 3.05) is 0 Å². The summed E-state index contributed by atoms with van der Waals surface area (Å²) in [7, 11) is 0. The van der Waals surface area contributed by atoms with Gasteiger partial charge in [-0.15, -0.1) is 0 Å². The van der Waals surface area contributed by atoms with Gasteiger partial charge in [-0.25, -0.2) is 4.39 Å². The number of aryl methyl sites for hydroxylation is 1. The van der Waals surface area contributed by atoms with Crippen molar-refractivity contribution in [3.8, 4) is 11.5 Å². The summed E-state index contributed by atoms with van der Waals surface area (Å²) in [5, 5.41) is 10.1. The van der Waals surface area contributed by atoms with Crippen molar-refractivity contribution >= 4 is 11.6 Å². The summed E-state index contributed by atoms with van der Waals surface area (Å²) in [5.74, 6) is 0.481. The number of phenolic OH excluding ortho intramolecular Hbond substituents is 1. The lowest BCUT2D eigenvalue weighted by Crippen LogP contribution is -1.97. The van der Waals surface area contributed by atoms with E-state index in [2.05, 4.69) is 11.6 Å². The van der Waals surface area contributed by atoms with Gasteiger partial charge in [0.2, 0.25) is 0 Å². The van der Waals surface area contributed by atoms with E-state index in [4.69, 9.17) is 4.74 Å². The number of halogens is 1. The molecule has 4 heteroatoms. The third-order valence-corrected chi connectivity index (χ3v) is 4.08. The van der Waals surface area contributed by atoms with Gasteiger partial charge in [-0.3, -0.25) is 4.98 Å². The minimum Gasteiger partial charge on any atom is -0.507 e. The number of phenols is 1. The van der Waals surface area contributed by atoms with E-state index in [0.29, 0.717) is 29.1 Å². The topological polar surface area (TPSA) is 42.4 Å². The van der Waals surface area contributed by atoms with E-state index in [1.54, 1.807) is 49.5 Å². The summed E-state index contributed by atoms with van der Waals surface area (Å²) in [5.41, 5.74) is 3.47. The van der Waals surface area contributed by atoms with Crippen molar-refractivity contribution in [3.63, 3.8) is 0 Å². The molecule has 0 aliphatic rings. The Hall–Kier alpha value is -3.40. The van der Waals surface area contributed by atoms with E-state index in [1.165, 1.54) is 6.07 Å². The van der Waals surface area contributed by atoms with Crippen LogP contribution in [-0.4, -0.2) is 10.1 Å². The lowest BCUT2D eigenvalue weighted by atomic mass is 10.0. The summed E-state index contributed by atoms with van der Waals surface area (Å²) in [4.78, 5) is 4.22. The first-order chi connectivity index (χ1) is 13.0. The minimum atomic E-state index is -0.235. The van der Waals surface area contributed by atoms with Gasteiger partial charge in [-0.05, 0) is 72.2 Å². The molecule has 2 aromatic carbocycles. The first-order valence-corrected chi connectivity index (χ1v) is 8.52. The molecule has 1 N–H and O–H groups in total. The van der Waals surface area contributed by atoms with Crippen molar-refractivity contribution in [1.29, 1.82) is 0 Å². The van der Waals surface area contributed by atoms with Crippen LogP contribution in [0.2, 0.25) is 0 Å². The maximum atomic E-state index is 13.4. The van der Waals surface area contributed by atoms with Gasteiger partial charge in [-0.1, -0.05) is 24.8 Å². The number of rotatable bonds is 6. The van der Waals surface area contributed by atoms with E-state index in [0.717, 1.165) is 11.3 Å². The SMILES string of the molecule is C=C(/C=C/c1ccccn1)c1cc(OCc2ccc(F)c(C)c2)ccc1O. The van der Waals surface area contributed by atoms with Crippen LogP contribution in [0.1, 0.15) is 22.4 Å². The Morgan fingerprint density at radius 1 is 1.19 bits per heavy atom. The molecule has 0 atom stereocenters. The highest BCUT2D eigenvalue weighted by atomic mass is 19.1. The van der Waals surface area contributed by atoms with Crippen molar-refractivity contribution in [3.05, 3.63) is 102 Å². The summed E-state index contributed by atoms with van der Waals surface area (Å²) in [6.45, 7) is 6.03. The number of allylic oxidation sites excluding steroid dienone is 2. The predicted octanol–water partition coefficient (Wildman–Crippen LogP) is 5.54. The average Bonchev–Trinajstić information content (AvgIpc) is 2.69. The van der Waals surface area contributed by atoms with Gasteiger partial charge >= 0.3 is 0 Å². The van der Waals surface area contributed by atoms with Crippen LogP contribution in [0.5, 0.6) is 11.5 Å². The lowest BCUT2D eigenvalue weighted by Gasteiger charge is -2.11. The molecule has 0 unspecified atom stereocenters. The largest absolute Gasteiger partial charge is 0.507 e. The van der Waals surface area contributed by atoms with Crippen LogP contribution in [0.15, 0.2) is 73.4 Å². The van der Waals surface area contributed by atoms with Crippen LogP contribution in [0.25, 0.3) is 11.6 Å². The first kappa shape index (κ1) is 18.4. The number of aromatic hydroxyl groups is 1. The predicted molar refractivity (Wildman–Crippen MR) is 106 cm³/mol. The number of pyridine rings is 1. The Labute approximate surface area is 158 Å². The maximum absolute atomic E-state index is 13.4. The summed E-state index contributed by atoms with van der Waals surface area (Å²) in [6, 6.07) is 15.5. The van der Waals surface area contributed by atoms with Gasteiger partial charge in [0.15, 0.2) is 0 Å². The molecule has 0 aliphatic heterocycles. The number of ether oxygens (including phenoxy) is 1. The van der Waals surface area contributed by atoms with Crippen molar-refractivity contribution in [2.24, 2.45) is 0 Å². The number of hydrogen-bond donors (Lipinski definition) is 1. The molecule has 0 spiro atoms. The fourth-order valence-corrected chi connectivity index (χ4v) is 2.58. The molecule has 0 amide bonds. The maximum Gasteiger partial charge on any atom is 0.126 e. The second-order valence-corrected chi connectivity index (χ2v) is 6.16. The summed E-state index contributed by atoms with van der Waals surface area (Å²) >= 11 is 0. The second-order valence-electron chi connectivity index (χ2n) is 6.16. The summed E-state index contributed by atoms with van der Waals surface area (Å²) in [6.07, 6.45) is 5.34. The van der Waals surface area contributed by atoms with Crippen LogP contribution in [0.4, 0.5) is 4.39 Å². The van der Waals surface area contributed by atoms with Crippen LogP contribution < -0.4 is 4.74 Å². The van der Waals surface area contributed by atoms with Crippen molar-refractivity contribution in [1.82, 2.24) is 4.98 Å². The standard InChI is InChI=1S/C23H20FNO2/c1-16(6-8-19-5-3-4-12-25-19)21-14-20(9-11-23(21)26)27-15-18-7-10-22(24)17(2)13-18/h3-14,26H,1,15H2,2H3/b8-6+. The zero-order valence-electron chi connectivity index (χ0n) is 15.0. The molecule has 27 heavy (non-hydrogen) atoms. The fraction of sp³-hybridized carbons (Fsp3) is 0.0870. The monoisotopic (exact) mass is 361 g/mol. The Morgan fingerprint density at radius 2 is 2.04 bits per heavy atom. The summed E-state index contributed by atoms with van der Waals surface area (Å²) < 4.78 is 19.1. The molecule has 3 rings (SSSR count). The molecule has 3 nitrogen and oxygen atoms in total. The molecule has 1 heterocycles. The molecule has 3 aromatic rings. The van der Waals surface area contributed by atoms with Crippen LogP contribution in [0, 0.1) is 12.7 Å². The van der Waals surface area contributed by atoms with Gasteiger partial charge in [0, 0.05) is 11.8 Å². The quantitative estimate of drug-likeness (QED) is 0.586. The Bertz CT molecular complexity index is 981. The number of hydrogen-bond acceptors (Lipinski definition) is 3. The Kier molecular flexibility index (Phi) is 5.67. The third kappa shape index (κ3) is 4.82. The zero-order valence-corrected chi connectivity index (χ0v) is 15.0. The smallest absolute Gasteiger partial charge is 0.126 e. The first-order valence-electron chi connectivity index (χ1n) is 8.52. The van der Waals surface area contributed by atoms with Crippen LogP contribution in [0.3, 0.4) is 0 Å². The highest BCUT2D eigenvalue weighted by Gasteiger charge is 2.07. The van der Waals surface area contributed by atoms with Crippen molar-refractivity contribution in [2.45, 2.75) is 13.5 Å². The normalized spacial score (nSPS) is 10.9. The van der Waals surface area contributed by atoms with Gasteiger partial charge in [0.25, 0.3) is 0 Å².